The Balaban J connectivity index is 1.54. The van der Waals surface area contributed by atoms with Crippen LogP contribution in [0.4, 0.5) is 10.8 Å². The van der Waals surface area contributed by atoms with Crippen LogP contribution in [0.3, 0.4) is 0 Å². The monoisotopic (exact) mass is 444 g/mol. The Morgan fingerprint density at radius 1 is 1.03 bits per heavy atom. The van der Waals surface area contributed by atoms with E-state index in [1.54, 1.807) is 36.4 Å². The standard InChI is InChI=1S/C20H20N4O4S2/c1-3-28-16-11-7-5-9-14(16)21-17(25)12-29-20-24-23-19(30-20)22-18(26)13-8-4-6-10-15(13)27-2/h4-11H,3,12H2,1-2H3,(H,21,25)(H,22,23,26). The molecule has 0 aliphatic rings. The summed E-state index contributed by atoms with van der Waals surface area (Å²) in [6, 6.07) is 14.2. The minimum Gasteiger partial charge on any atom is -0.496 e. The minimum absolute atomic E-state index is 0.148. The number of benzene rings is 2. The number of nitrogens with one attached hydrogen (secondary N) is 2. The van der Waals surface area contributed by atoms with Gasteiger partial charge in [0, 0.05) is 0 Å². The molecule has 0 fully saturated rings. The van der Waals surface area contributed by atoms with Gasteiger partial charge in [-0.25, -0.2) is 0 Å². The van der Waals surface area contributed by atoms with Crippen LogP contribution in [0.5, 0.6) is 11.5 Å². The molecule has 0 atom stereocenters. The fourth-order valence-electron chi connectivity index (χ4n) is 2.48. The fourth-order valence-corrected chi connectivity index (χ4v) is 4.03. The zero-order valence-corrected chi connectivity index (χ0v) is 18.0. The van der Waals surface area contributed by atoms with Crippen molar-refractivity contribution in [1.82, 2.24) is 10.2 Å². The third-order valence-corrected chi connectivity index (χ3v) is 5.74. The maximum absolute atomic E-state index is 12.4. The van der Waals surface area contributed by atoms with E-state index in [1.807, 2.05) is 19.1 Å². The van der Waals surface area contributed by atoms with Gasteiger partial charge in [0.05, 0.1) is 30.7 Å². The third-order valence-electron chi connectivity index (χ3n) is 3.77. The number of thioether (sulfide) groups is 1. The van der Waals surface area contributed by atoms with E-state index in [9.17, 15) is 9.59 Å². The number of methoxy groups -OCH3 is 1. The minimum atomic E-state index is -0.342. The number of para-hydroxylation sites is 3. The van der Waals surface area contributed by atoms with Gasteiger partial charge in [-0.2, -0.15) is 0 Å². The van der Waals surface area contributed by atoms with E-state index in [1.165, 1.54) is 30.2 Å². The topological polar surface area (TPSA) is 102 Å². The molecule has 2 N–H and O–H groups in total. The molecule has 10 heteroatoms. The van der Waals surface area contributed by atoms with E-state index in [4.69, 9.17) is 9.47 Å². The molecule has 0 saturated carbocycles. The molecule has 0 spiro atoms. The molecule has 2 aromatic carbocycles. The van der Waals surface area contributed by atoms with Gasteiger partial charge in [0.25, 0.3) is 5.91 Å². The number of hydrogen-bond donors (Lipinski definition) is 2. The van der Waals surface area contributed by atoms with Crippen molar-refractivity contribution in [2.75, 3.05) is 30.1 Å². The molecule has 1 heterocycles. The Bertz CT molecular complexity index is 1030. The average molecular weight is 445 g/mol. The molecule has 2 amide bonds. The highest BCUT2D eigenvalue weighted by atomic mass is 32.2. The molecule has 0 aliphatic carbocycles. The first-order chi connectivity index (χ1) is 14.6. The van der Waals surface area contributed by atoms with Gasteiger partial charge in [0.2, 0.25) is 11.0 Å². The van der Waals surface area contributed by atoms with Crippen LogP contribution >= 0.6 is 23.1 Å². The Morgan fingerprint density at radius 2 is 1.77 bits per heavy atom. The van der Waals surface area contributed by atoms with Crippen molar-refractivity contribution in [3.05, 3.63) is 54.1 Å². The number of ether oxygens (including phenoxy) is 2. The molecule has 0 unspecified atom stereocenters. The molecule has 156 valence electrons. The summed E-state index contributed by atoms with van der Waals surface area (Å²) in [7, 11) is 1.50. The van der Waals surface area contributed by atoms with Crippen LogP contribution in [-0.4, -0.2) is 41.5 Å². The quantitative estimate of drug-likeness (QED) is 0.381. The number of carbonyl (C=O) groups is 2. The second-order valence-corrected chi connectivity index (χ2v) is 7.99. The number of rotatable bonds is 9. The van der Waals surface area contributed by atoms with Gasteiger partial charge in [0.1, 0.15) is 11.5 Å². The van der Waals surface area contributed by atoms with E-state index in [-0.39, 0.29) is 17.6 Å². The fraction of sp³-hybridized carbons (Fsp3) is 0.200. The zero-order chi connectivity index (χ0) is 21.3. The van der Waals surface area contributed by atoms with Crippen LogP contribution in [0.1, 0.15) is 17.3 Å². The van der Waals surface area contributed by atoms with E-state index < -0.39 is 0 Å². The molecule has 0 saturated heterocycles. The molecule has 1 aromatic heterocycles. The maximum Gasteiger partial charge on any atom is 0.261 e. The Kier molecular flexibility index (Phi) is 7.63. The summed E-state index contributed by atoms with van der Waals surface area (Å²) in [4.78, 5) is 24.7. The van der Waals surface area contributed by atoms with Gasteiger partial charge in [-0.05, 0) is 31.2 Å². The van der Waals surface area contributed by atoms with Crippen molar-refractivity contribution in [2.45, 2.75) is 11.3 Å². The Hall–Kier alpha value is -3.11. The van der Waals surface area contributed by atoms with Gasteiger partial charge in [-0.15, -0.1) is 10.2 Å². The molecule has 0 aliphatic heterocycles. The first-order valence-corrected chi connectivity index (χ1v) is 10.8. The lowest BCUT2D eigenvalue weighted by Gasteiger charge is -2.10. The summed E-state index contributed by atoms with van der Waals surface area (Å²) in [5.41, 5.74) is 1.02. The maximum atomic E-state index is 12.4. The molecule has 3 aromatic rings. The lowest BCUT2D eigenvalue weighted by Crippen LogP contribution is -2.14. The highest BCUT2D eigenvalue weighted by Gasteiger charge is 2.15. The van der Waals surface area contributed by atoms with Gasteiger partial charge < -0.3 is 14.8 Å². The van der Waals surface area contributed by atoms with E-state index in [0.29, 0.717) is 38.8 Å². The van der Waals surface area contributed by atoms with Gasteiger partial charge >= 0.3 is 0 Å². The number of anilines is 2. The zero-order valence-electron chi connectivity index (χ0n) is 16.4. The number of amides is 2. The highest BCUT2D eigenvalue weighted by Crippen LogP contribution is 2.28. The number of hydrogen-bond acceptors (Lipinski definition) is 8. The van der Waals surface area contributed by atoms with Crippen LogP contribution < -0.4 is 20.1 Å². The van der Waals surface area contributed by atoms with Crippen LogP contribution in [-0.2, 0) is 4.79 Å². The highest BCUT2D eigenvalue weighted by molar-refractivity contribution is 8.01. The average Bonchev–Trinajstić information content (AvgIpc) is 3.21. The summed E-state index contributed by atoms with van der Waals surface area (Å²) in [5, 5.41) is 13.8. The summed E-state index contributed by atoms with van der Waals surface area (Å²) in [6.07, 6.45) is 0. The normalized spacial score (nSPS) is 10.3. The molecule has 30 heavy (non-hydrogen) atoms. The number of aromatic nitrogens is 2. The lowest BCUT2D eigenvalue weighted by molar-refractivity contribution is -0.113. The second kappa shape index (κ2) is 10.6. The predicted octanol–water partition coefficient (Wildman–Crippen LogP) is 3.93. The van der Waals surface area contributed by atoms with Crippen molar-refractivity contribution in [3.63, 3.8) is 0 Å². The summed E-state index contributed by atoms with van der Waals surface area (Å²) in [6.45, 7) is 2.39. The Labute approximate surface area is 182 Å². The van der Waals surface area contributed by atoms with Crippen molar-refractivity contribution in [3.8, 4) is 11.5 Å². The molecule has 0 bridgehead atoms. The van der Waals surface area contributed by atoms with Crippen LogP contribution in [0.15, 0.2) is 52.9 Å². The largest absolute Gasteiger partial charge is 0.496 e. The van der Waals surface area contributed by atoms with E-state index in [2.05, 4.69) is 20.8 Å². The molecular weight excluding hydrogens is 424 g/mol. The van der Waals surface area contributed by atoms with Crippen molar-refractivity contribution < 1.29 is 19.1 Å². The number of nitrogens with zero attached hydrogens (tertiary/aromatic N) is 2. The summed E-state index contributed by atoms with van der Waals surface area (Å²) < 4.78 is 11.3. The van der Waals surface area contributed by atoms with Crippen molar-refractivity contribution in [2.24, 2.45) is 0 Å². The molecule has 8 nitrogen and oxygen atoms in total. The van der Waals surface area contributed by atoms with Crippen molar-refractivity contribution >= 4 is 45.7 Å². The van der Waals surface area contributed by atoms with Crippen LogP contribution in [0, 0.1) is 0 Å². The van der Waals surface area contributed by atoms with E-state index >= 15 is 0 Å². The van der Waals surface area contributed by atoms with Gasteiger partial charge in [-0.3, -0.25) is 14.9 Å². The van der Waals surface area contributed by atoms with Crippen LogP contribution in [0.2, 0.25) is 0 Å². The predicted molar refractivity (Wildman–Crippen MR) is 118 cm³/mol. The first-order valence-electron chi connectivity index (χ1n) is 9.03. The molecular formula is C20H20N4O4S2. The molecule has 3 rings (SSSR count). The third kappa shape index (κ3) is 5.71. The number of carbonyl (C=O) groups excluding carboxylic acids is 2. The SMILES string of the molecule is CCOc1ccccc1NC(=O)CSc1nnc(NC(=O)c2ccccc2OC)s1. The van der Waals surface area contributed by atoms with E-state index in [0.717, 1.165) is 0 Å². The van der Waals surface area contributed by atoms with Crippen LogP contribution in [0.25, 0.3) is 0 Å². The summed E-state index contributed by atoms with van der Waals surface area (Å²) in [5.74, 6) is 0.705. The van der Waals surface area contributed by atoms with Gasteiger partial charge in [0.15, 0.2) is 4.34 Å². The first kappa shape index (κ1) is 21.6. The van der Waals surface area contributed by atoms with Crippen molar-refractivity contribution in [1.29, 1.82) is 0 Å². The van der Waals surface area contributed by atoms with Gasteiger partial charge in [-0.1, -0.05) is 47.4 Å². The Morgan fingerprint density at radius 3 is 2.53 bits per heavy atom. The smallest absolute Gasteiger partial charge is 0.261 e. The second-order valence-electron chi connectivity index (χ2n) is 5.79. The summed E-state index contributed by atoms with van der Waals surface area (Å²) >= 11 is 2.43. The lowest BCUT2D eigenvalue weighted by atomic mass is 10.2. The molecule has 0 radical (unpaired) electrons.